The zero-order valence-corrected chi connectivity index (χ0v) is 12.8. The van der Waals surface area contributed by atoms with Crippen molar-refractivity contribution in [3.63, 3.8) is 0 Å². The Bertz CT molecular complexity index is 842. The SMILES string of the molecule is Cc1ccc2nc(Nc3cccc(F)c3C(N)=S)sc2c1. The highest BCUT2D eigenvalue weighted by atomic mass is 32.1. The molecule has 3 aromatic rings. The first kappa shape index (κ1) is 13.9. The minimum Gasteiger partial charge on any atom is -0.389 e. The summed E-state index contributed by atoms with van der Waals surface area (Å²) in [5, 5.41) is 3.78. The summed E-state index contributed by atoms with van der Waals surface area (Å²) >= 11 is 6.42. The molecule has 0 atom stereocenters. The van der Waals surface area contributed by atoms with Gasteiger partial charge in [0.15, 0.2) is 5.13 Å². The number of aryl methyl sites for hydroxylation is 1. The molecule has 6 heteroatoms. The summed E-state index contributed by atoms with van der Waals surface area (Å²) in [5.74, 6) is -0.440. The Balaban J connectivity index is 2.02. The van der Waals surface area contributed by atoms with E-state index in [4.69, 9.17) is 18.0 Å². The molecule has 3 nitrogen and oxygen atoms in total. The maximum absolute atomic E-state index is 13.8. The molecule has 0 amide bonds. The van der Waals surface area contributed by atoms with Crippen LogP contribution in [0.3, 0.4) is 0 Å². The van der Waals surface area contributed by atoms with Gasteiger partial charge >= 0.3 is 0 Å². The number of thiocarbonyl (C=S) groups is 1. The number of rotatable bonds is 3. The molecule has 0 fully saturated rings. The number of nitrogens with zero attached hydrogens (tertiary/aromatic N) is 1. The molecule has 0 bridgehead atoms. The van der Waals surface area contributed by atoms with E-state index in [-0.39, 0.29) is 10.6 Å². The van der Waals surface area contributed by atoms with Crippen LogP contribution >= 0.6 is 23.6 Å². The first-order valence-corrected chi connectivity index (χ1v) is 7.49. The highest BCUT2D eigenvalue weighted by molar-refractivity contribution is 7.80. The number of hydrogen-bond donors (Lipinski definition) is 2. The van der Waals surface area contributed by atoms with E-state index in [0.29, 0.717) is 10.8 Å². The third kappa shape index (κ3) is 2.72. The van der Waals surface area contributed by atoms with Gasteiger partial charge in [-0.25, -0.2) is 9.37 Å². The van der Waals surface area contributed by atoms with E-state index in [9.17, 15) is 4.39 Å². The second kappa shape index (κ2) is 5.38. The maximum atomic E-state index is 13.8. The number of benzene rings is 2. The normalized spacial score (nSPS) is 10.8. The average molecular weight is 317 g/mol. The molecule has 0 aliphatic heterocycles. The molecule has 3 N–H and O–H groups in total. The standard InChI is InChI=1S/C15H12FN3S2/c1-8-5-6-10-12(7-8)21-15(18-10)19-11-4-2-3-9(16)13(11)14(17)20/h2-7H,1H3,(H2,17,20)(H,18,19). The Hall–Kier alpha value is -2.05. The monoisotopic (exact) mass is 317 g/mol. The average Bonchev–Trinajstić information content (AvgIpc) is 2.79. The molecule has 106 valence electrons. The number of hydrogen-bond acceptors (Lipinski definition) is 4. The summed E-state index contributed by atoms with van der Waals surface area (Å²) in [4.78, 5) is 4.50. The van der Waals surface area contributed by atoms with Gasteiger partial charge in [-0.2, -0.15) is 0 Å². The lowest BCUT2D eigenvalue weighted by Gasteiger charge is -2.09. The van der Waals surface area contributed by atoms with Gasteiger partial charge in [0, 0.05) is 0 Å². The molecule has 21 heavy (non-hydrogen) atoms. The second-order valence-electron chi connectivity index (χ2n) is 4.64. The number of aromatic nitrogens is 1. The van der Waals surface area contributed by atoms with Crippen molar-refractivity contribution in [3.8, 4) is 0 Å². The summed E-state index contributed by atoms with van der Waals surface area (Å²) in [6.45, 7) is 2.03. The predicted octanol–water partition coefficient (Wildman–Crippen LogP) is 4.12. The van der Waals surface area contributed by atoms with Crippen molar-refractivity contribution < 1.29 is 4.39 Å². The van der Waals surface area contributed by atoms with Crippen LogP contribution in [0.1, 0.15) is 11.1 Å². The van der Waals surface area contributed by atoms with Crippen molar-refractivity contribution in [2.24, 2.45) is 5.73 Å². The van der Waals surface area contributed by atoms with Crippen LogP contribution in [0, 0.1) is 12.7 Å². The predicted molar refractivity (Wildman–Crippen MR) is 89.9 cm³/mol. The molecule has 2 aromatic carbocycles. The largest absolute Gasteiger partial charge is 0.389 e. The third-order valence-corrected chi connectivity index (χ3v) is 4.18. The van der Waals surface area contributed by atoms with Crippen LogP contribution in [0.25, 0.3) is 10.2 Å². The molecule has 0 saturated heterocycles. The van der Waals surface area contributed by atoms with Gasteiger partial charge in [-0.3, -0.25) is 0 Å². The van der Waals surface area contributed by atoms with Crippen LogP contribution in [0.4, 0.5) is 15.2 Å². The van der Waals surface area contributed by atoms with E-state index < -0.39 is 5.82 Å². The first-order chi connectivity index (χ1) is 10.0. The van der Waals surface area contributed by atoms with Crippen LogP contribution in [-0.4, -0.2) is 9.97 Å². The Labute approximate surface area is 130 Å². The van der Waals surface area contributed by atoms with Gasteiger partial charge in [-0.05, 0) is 36.8 Å². The highest BCUT2D eigenvalue weighted by Gasteiger charge is 2.13. The van der Waals surface area contributed by atoms with Crippen LogP contribution in [0.15, 0.2) is 36.4 Å². The highest BCUT2D eigenvalue weighted by Crippen LogP contribution is 2.30. The lowest BCUT2D eigenvalue weighted by atomic mass is 10.1. The fourth-order valence-corrected chi connectivity index (χ4v) is 3.26. The minimum atomic E-state index is -0.440. The van der Waals surface area contributed by atoms with E-state index in [2.05, 4.69) is 16.4 Å². The van der Waals surface area contributed by atoms with Crippen molar-refractivity contribution in [2.45, 2.75) is 6.92 Å². The van der Waals surface area contributed by atoms with Gasteiger partial charge in [-0.15, -0.1) is 0 Å². The van der Waals surface area contributed by atoms with Crippen molar-refractivity contribution in [1.82, 2.24) is 4.98 Å². The molecule has 1 heterocycles. The number of fused-ring (bicyclic) bond motifs is 1. The Kier molecular flexibility index (Phi) is 3.57. The number of nitrogens with one attached hydrogen (secondary N) is 1. The van der Waals surface area contributed by atoms with Crippen molar-refractivity contribution >= 4 is 49.6 Å². The first-order valence-electron chi connectivity index (χ1n) is 6.27. The smallest absolute Gasteiger partial charge is 0.188 e. The zero-order chi connectivity index (χ0) is 15.0. The van der Waals surface area contributed by atoms with E-state index in [1.807, 2.05) is 19.1 Å². The van der Waals surface area contributed by atoms with Gasteiger partial charge in [0.1, 0.15) is 10.8 Å². The van der Waals surface area contributed by atoms with Crippen LogP contribution in [-0.2, 0) is 0 Å². The molecule has 0 aliphatic rings. The third-order valence-electron chi connectivity index (χ3n) is 3.05. The number of halogens is 1. The fraction of sp³-hybridized carbons (Fsp3) is 0.0667. The Morgan fingerprint density at radius 3 is 2.90 bits per heavy atom. The number of anilines is 2. The van der Waals surface area contributed by atoms with Gasteiger partial charge in [0.25, 0.3) is 0 Å². The minimum absolute atomic E-state index is 0.0209. The van der Waals surface area contributed by atoms with Gasteiger partial charge < -0.3 is 11.1 Å². The van der Waals surface area contributed by atoms with Crippen molar-refractivity contribution in [2.75, 3.05) is 5.32 Å². The molecule has 0 radical (unpaired) electrons. The molecule has 1 aromatic heterocycles. The second-order valence-corrected chi connectivity index (χ2v) is 6.11. The van der Waals surface area contributed by atoms with E-state index in [0.717, 1.165) is 10.2 Å². The molecule has 0 aliphatic carbocycles. The topological polar surface area (TPSA) is 50.9 Å². The van der Waals surface area contributed by atoms with Crippen LogP contribution < -0.4 is 11.1 Å². The van der Waals surface area contributed by atoms with Crippen molar-refractivity contribution in [1.29, 1.82) is 0 Å². The summed E-state index contributed by atoms with van der Waals surface area (Å²) in [5.41, 5.74) is 8.41. The van der Waals surface area contributed by atoms with Crippen molar-refractivity contribution in [3.05, 3.63) is 53.3 Å². The Morgan fingerprint density at radius 1 is 1.33 bits per heavy atom. The number of thiazole rings is 1. The van der Waals surface area contributed by atoms with Crippen LogP contribution in [0.2, 0.25) is 0 Å². The van der Waals surface area contributed by atoms with Gasteiger partial charge in [-0.1, -0.05) is 35.7 Å². The molecular weight excluding hydrogens is 305 g/mol. The number of nitrogens with two attached hydrogens (primary N) is 1. The zero-order valence-electron chi connectivity index (χ0n) is 11.2. The van der Waals surface area contributed by atoms with Gasteiger partial charge in [0.2, 0.25) is 0 Å². The van der Waals surface area contributed by atoms with Crippen LogP contribution in [0.5, 0.6) is 0 Å². The molecule has 0 saturated carbocycles. The van der Waals surface area contributed by atoms with E-state index >= 15 is 0 Å². The Morgan fingerprint density at radius 2 is 2.14 bits per heavy atom. The lowest BCUT2D eigenvalue weighted by molar-refractivity contribution is 0.626. The fourth-order valence-electron chi connectivity index (χ4n) is 2.08. The molecule has 0 unspecified atom stereocenters. The summed E-state index contributed by atoms with van der Waals surface area (Å²) in [7, 11) is 0. The van der Waals surface area contributed by atoms with E-state index in [1.54, 1.807) is 12.1 Å². The summed E-state index contributed by atoms with van der Waals surface area (Å²) in [6.07, 6.45) is 0. The van der Waals surface area contributed by atoms with Gasteiger partial charge in [0.05, 0.1) is 21.5 Å². The summed E-state index contributed by atoms with van der Waals surface area (Å²) in [6, 6.07) is 10.7. The van der Waals surface area contributed by atoms with E-state index in [1.165, 1.54) is 23.0 Å². The molecular formula is C15H12FN3S2. The molecule has 3 rings (SSSR count). The maximum Gasteiger partial charge on any atom is 0.188 e. The quantitative estimate of drug-likeness (QED) is 0.713. The lowest BCUT2D eigenvalue weighted by Crippen LogP contribution is -2.14. The summed E-state index contributed by atoms with van der Waals surface area (Å²) < 4.78 is 14.9. The molecule has 0 spiro atoms.